The Balaban J connectivity index is 0.00000125. The Morgan fingerprint density at radius 3 is 3.00 bits per heavy atom. The van der Waals surface area contributed by atoms with Gasteiger partial charge in [0.05, 0.1) is 7.11 Å². The second-order valence-electron chi connectivity index (χ2n) is 6.97. The minimum atomic E-state index is -0.511. The van der Waals surface area contributed by atoms with Crippen LogP contribution in [0.5, 0.6) is 11.5 Å². The summed E-state index contributed by atoms with van der Waals surface area (Å²) in [7, 11) is 1.69. The van der Waals surface area contributed by atoms with Gasteiger partial charge in [0.2, 0.25) is 0 Å². The van der Waals surface area contributed by atoms with Gasteiger partial charge in [0, 0.05) is 11.0 Å². The molecule has 1 fully saturated rings. The fourth-order valence-corrected chi connectivity index (χ4v) is 5.53. The summed E-state index contributed by atoms with van der Waals surface area (Å²) in [6.45, 7) is 0. The fourth-order valence-electron chi connectivity index (χ4n) is 5.53. The molecule has 2 bridgehead atoms. The van der Waals surface area contributed by atoms with Crippen LogP contribution >= 0.6 is 0 Å². The summed E-state index contributed by atoms with van der Waals surface area (Å²) >= 11 is 0. The van der Waals surface area contributed by atoms with Gasteiger partial charge in [0.25, 0.3) is 0 Å². The molecule has 118 valence electrons. The van der Waals surface area contributed by atoms with Crippen LogP contribution in [-0.4, -0.2) is 24.4 Å². The Hall–Kier alpha value is -1.48. The standard InChI is InChI=1S/C18H20O3.CH4/c1-20-14-7-4-11-9-10-3-2-8-18-12(10)5-6-13(19)17(18)21-16(14)15(11)18;/h4-7,10,12-13,17,19H,2-3,8-9H2,1H3;1H4/t10-,12+,13+,17+,18+;/m1./s1. The number of allylic oxidation sites excluding steroid dienone is 1. The molecule has 0 radical (unpaired) electrons. The lowest BCUT2D eigenvalue weighted by atomic mass is 9.50. The first-order chi connectivity index (χ1) is 10.3. The molecule has 0 saturated heterocycles. The maximum Gasteiger partial charge on any atom is 0.165 e. The maximum absolute atomic E-state index is 10.5. The van der Waals surface area contributed by atoms with E-state index in [0.29, 0.717) is 11.8 Å². The average molecular weight is 300 g/mol. The van der Waals surface area contributed by atoms with Crippen molar-refractivity contribution in [2.24, 2.45) is 11.8 Å². The molecule has 5 rings (SSSR count). The Morgan fingerprint density at radius 2 is 2.18 bits per heavy atom. The Kier molecular flexibility index (Phi) is 2.90. The lowest BCUT2D eigenvalue weighted by Crippen LogP contribution is -2.57. The number of hydrogen-bond acceptors (Lipinski definition) is 3. The largest absolute Gasteiger partial charge is 0.493 e. The minimum absolute atomic E-state index is 0. The zero-order valence-corrected chi connectivity index (χ0v) is 12.2. The van der Waals surface area contributed by atoms with E-state index in [4.69, 9.17) is 9.47 Å². The summed E-state index contributed by atoms with van der Waals surface area (Å²) in [6.07, 6.45) is 8.35. The van der Waals surface area contributed by atoms with Gasteiger partial charge < -0.3 is 14.6 Å². The van der Waals surface area contributed by atoms with E-state index in [1.165, 1.54) is 24.0 Å². The van der Waals surface area contributed by atoms with Crippen LogP contribution in [0.3, 0.4) is 0 Å². The summed E-state index contributed by atoms with van der Waals surface area (Å²) in [4.78, 5) is 0. The predicted molar refractivity (Wildman–Crippen MR) is 85.5 cm³/mol. The van der Waals surface area contributed by atoms with Crippen molar-refractivity contribution in [2.75, 3.05) is 7.11 Å². The first kappa shape index (κ1) is 14.1. The molecular formula is C19H24O3. The molecule has 0 amide bonds. The SMILES string of the molecule is C.COc1ccc2c3c1O[C@H]1[C@@H](O)C=C[C@H]4[C@H](CCC[C@@]341)C2. The van der Waals surface area contributed by atoms with E-state index in [9.17, 15) is 5.11 Å². The van der Waals surface area contributed by atoms with Crippen molar-refractivity contribution < 1.29 is 14.6 Å². The molecule has 5 atom stereocenters. The lowest BCUT2D eigenvalue weighted by Gasteiger charge is -2.53. The van der Waals surface area contributed by atoms with Crippen molar-refractivity contribution in [1.82, 2.24) is 0 Å². The van der Waals surface area contributed by atoms with E-state index in [2.05, 4.69) is 12.1 Å². The van der Waals surface area contributed by atoms with Gasteiger partial charge in [-0.15, -0.1) is 0 Å². The predicted octanol–water partition coefficient (Wildman–Crippen LogP) is 3.23. The number of hydrogen-bond donors (Lipinski definition) is 1. The minimum Gasteiger partial charge on any atom is -0.493 e. The monoisotopic (exact) mass is 300 g/mol. The van der Waals surface area contributed by atoms with Gasteiger partial charge >= 0.3 is 0 Å². The first-order valence-corrected chi connectivity index (χ1v) is 7.99. The number of methoxy groups -OCH3 is 1. The van der Waals surface area contributed by atoms with Crippen LogP contribution < -0.4 is 9.47 Å². The topological polar surface area (TPSA) is 38.7 Å². The summed E-state index contributed by atoms with van der Waals surface area (Å²) in [6, 6.07) is 4.24. The number of benzene rings is 1. The molecule has 0 unspecified atom stereocenters. The van der Waals surface area contributed by atoms with Gasteiger partial charge in [-0.2, -0.15) is 0 Å². The Morgan fingerprint density at radius 1 is 1.32 bits per heavy atom. The average Bonchev–Trinajstić information content (AvgIpc) is 2.83. The van der Waals surface area contributed by atoms with Crippen LogP contribution in [0.2, 0.25) is 0 Å². The molecule has 1 aliphatic heterocycles. The summed E-state index contributed by atoms with van der Waals surface area (Å²) < 4.78 is 11.8. The van der Waals surface area contributed by atoms with E-state index in [-0.39, 0.29) is 18.9 Å². The fraction of sp³-hybridized carbons (Fsp3) is 0.579. The van der Waals surface area contributed by atoms with Crippen LogP contribution in [0.25, 0.3) is 0 Å². The smallest absolute Gasteiger partial charge is 0.165 e. The third-order valence-electron chi connectivity index (χ3n) is 6.22. The molecule has 3 nitrogen and oxygen atoms in total. The van der Waals surface area contributed by atoms with Gasteiger partial charge in [-0.1, -0.05) is 32.1 Å². The number of aliphatic hydroxyl groups is 1. The van der Waals surface area contributed by atoms with Gasteiger partial charge in [-0.3, -0.25) is 0 Å². The molecule has 22 heavy (non-hydrogen) atoms. The van der Waals surface area contributed by atoms with Crippen LogP contribution in [0, 0.1) is 11.8 Å². The zero-order valence-electron chi connectivity index (χ0n) is 12.2. The molecule has 1 saturated carbocycles. The summed E-state index contributed by atoms with van der Waals surface area (Å²) in [5.41, 5.74) is 2.74. The Bertz CT molecular complexity index is 650. The maximum atomic E-state index is 10.5. The van der Waals surface area contributed by atoms with Crippen molar-refractivity contribution in [3.63, 3.8) is 0 Å². The van der Waals surface area contributed by atoms with E-state index < -0.39 is 6.10 Å². The molecule has 1 spiro atoms. The van der Waals surface area contributed by atoms with Gasteiger partial charge in [0.1, 0.15) is 12.2 Å². The van der Waals surface area contributed by atoms with Gasteiger partial charge in [0.15, 0.2) is 11.5 Å². The zero-order chi connectivity index (χ0) is 14.2. The van der Waals surface area contributed by atoms with Crippen LogP contribution in [0.4, 0.5) is 0 Å². The highest BCUT2D eigenvalue weighted by atomic mass is 16.5. The van der Waals surface area contributed by atoms with Crippen molar-refractivity contribution in [3.05, 3.63) is 35.4 Å². The normalized spacial score (nSPS) is 39.5. The van der Waals surface area contributed by atoms with Crippen LogP contribution in [-0.2, 0) is 11.8 Å². The highest BCUT2D eigenvalue weighted by Crippen LogP contribution is 2.64. The third kappa shape index (κ3) is 1.41. The molecule has 1 aromatic carbocycles. The third-order valence-corrected chi connectivity index (χ3v) is 6.22. The van der Waals surface area contributed by atoms with E-state index in [1.54, 1.807) is 7.11 Å². The molecule has 3 heteroatoms. The molecule has 4 aliphatic rings. The van der Waals surface area contributed by atoms with Gasteiger partial charge in [-0.25, -0.2) is 0 Å². The number of aliphatic hydroxyl groups excluding tert-OH is 1. The van der Waals surface area contributed by atoms with Crippen molar-refractivity contribution in [1.29, 1.82) is 0 Å². The second kappa shape index (κ2) is 4.51. The van der Waals surface area contributed by atoms with Gasteiger partial charge in [-0.05, 0) is 42.7 Å². The molecule has 1 heterocycles. The Labute approximate surface area is 131 Å². The highest BCUT2D eigenvalue weighted by molar-refractivity contribution is 5.61. The molecule has 3 aliphatic carbocycles. The first-order valence-electron chi connectivity index (χ1n) is 7.99. The second-order valence-corrected chi connectivity index (χ2v) is 6.97. The quantitative estimate of drug-likeness (QED) is 0.809. The lowest BCUT2D eigenvalue weighted by molar-refractivity contribution is -0.0272. The van der Waals surface area contributed by atoms with E-state index in [1.807, 2.05) is 12.1 Å². The van der Waals surface area contributed by atoms with Crippen molar-refractivity contribution in [2.45, 2.75) is 50.7 Å². The van der Waals surface area contributed by atoms with Crippen LogP contribution in [0.15, 0.2) is 24.3 Å². The molecule has 1 aromatic rings. The summed E-state index contributed by atoms with van der Waals surface area (Å²) in [5, 5.41) is 10.5. The van der Waals surface area contributed by atoms with Crippen LogP contribution in [0.1, 0.15) is 37.8 Å². The van der Waals surface area contributed by atoms with E-state index >= 15 is 0 Å². The van der Waals surface area contributed by atoms with Crippen molar-refractivity contribution in [3.8, 4) is 11.5 Å². The van der Waals surface area contributed by atoms with E-state index in [0.717, 1.165) is 24.3 Å². The molecular weight excluding hydrogens is 276 g/mol. The molecule has 1 N–H and O–H groups in total. The summed E-state index contributed by atoms with van der Waals surface area (Å²) in [5.74, 6) is 2.92. The van der Waals surface area contributed by atoms with Crippen molar-refractivity contribution >= 4 is 0 Å². The number of ether oxygens (including phenoxy) is 2. The molecule has 0 aromatic heterocycles. The highest BCUT2D eigenvalue weighted by Gasteiger charge is 2.63. The number of rotatable bonds is 1.